The molecule has 0 bridgehead atoms. The summed E-state index contributed by atoms with van der Waals surface area (Å²) in [4.78, 5) is 0. The van der Waals surface area contributed by atoms with Crippen molar-refractivity contribution in [2.45, 2.75) is 32.1 Å². The number of rotatable bonds is 0. The zero-order valence-corrected chi connectivity index (χ0v) is 6.84. The summed E-state index contributed by atoms with van der Waals surface area (Å²) in [6.45, 7) is 0. The third kappa shape index (κ3) is 1.45. The lowest BCUT2D eigenvalue weighted by Gasteiger charge is -2.10. The molecule has 58 valence electrons. The van der Waals surface area contributed by atoms with Gasteiger partial charge in [-0.1, -0.05) is 29.9 Å². The molecule has 0 heteroatoms. The van der Waals surface area contributed by atoms with Gasteiger partial charge < -0.3 is 0 Å². The molecule has 2 aliphatic rings. The molecule has 0 aliphatic heterocycles. The average molecular weight is 146 g/mol. The lowest BCUT2D eigenvalue weighted by atomic mass is 9.95. The predicted molar refractivity (Wildman–Crippen MR) is 48.4 cm³/mol. The lowest BCUT2D eigenvalue weighted by molar-refractivity contribution is 0.784. The van der Waals surface area contributed by atoms with Gasteiger partial charge in [0.2, 0.25) is 0 Å². The Bertz CT molecular complexity index is 228. The second-order valence-electron chi connectivity index (χ2n) is 3.29. The summed E-state index contributed by atoms with van der Waals surface area (Å²) in [5.41, 5.74) is 3.18. The molecule has 0 aromatic rings. The van der Waals surface area contributed by atoms with E-state index in [2.05, 4.69) is 24.3 Å². The molecule has 0 unspecified atom stereocenters. The van der Waals surface area contributed by atoms with Gasteiger partial charge in [-0.15, -0.1) is 0 Å². The number of hydrogen-bond acceptors (Lipinski definition) is 0. The fraction of sp³-hybridized carbons (Fsp3) is 0.455. The maximum absolute atomic E-state index is 2.30. The van der Waals surface area contributed by atoms with E-state index in [1.807, 2.05) is 0 Å². The van der Waals surface area contributed by atoms with Crippen LogP contribution in [0, 0.1) is 0 Å². The minimum absolute atomic E-state index is 1.26. The molecule has 0 heterocycles. The van der Waals surface area contributed by atoms with Crippen LogP contribution >= 0.6 is 0 Å². The minimum atomic E-state index is 1.26. The Kier molecular flexibility index (Phi) is 1.93. The summed E-state index contributed by atoms with van der Waals surface area (Å²) in [7, 11) is 0. The fourth-order valence-corrected chi connectivity index (χ4v) is 1.82. The van der Waals surface area contributed by atoms with Gasteiger partial charge in [-0.2, -0.15) is 0 Å². The zero-order valence-electron chi connectivity index (χ0n) is 6.84. The molecule has 0 fully saturated rings. The van der Waals surface area contributed by atoms with Crippen LogP contribution < -0.4 is 0 Å². The molecule has 11 heavy (non-hydrogen) atoms. The van der Waals surface area contributed by atoms with E-state index in [0.717, 1.165) is 0 Å². The Balaban J connectivity index is 2.28. The van der Waals surface area contributed by atoms with Crippen molar-refractivity contribution in [2.75, 3.05) is 0 Å². The summed E-state index contributed by atoms with van der Waals surface area (Å²) in [6.07, 6.45) is 15.7. The van der Waals surface area contributed by atoms with Crippen LogP contribution in [0.3, 0.4) is 0 Å². The van der Waals surface area contributed by atoms with Gasteiger partial charge >= 0.3 is 0 Å². The maximum Gasteiger partial charge on any atom is -0.0271 e. The largest absolute Gasteiger partial charge is 0.0839 e. The Morgan fingerprint density at radius 3 is 2.64 bits per heavy atom. The van der Waals surface area contributed by atoms with Gasteiger partial charge in [0.1, 0.15) is 0 Å². The third-order valence-electron chi connectivity index (χ3n) is 2.47. The average Bonchev–Trinajstić information content (AvgIpc) is 2.28. The van der Waals surface area contributed by atoms with Crippen molar-refractivity contribution < 1.29 is 0 Å². The number of hydrogen-bond donors (Lipinski definition) is 0. The smallest absolute Gasteiger partial charge is 0.0271 e. The van der Waals surface area contributed by atoms with E-state index in [1.165, 1.54) is 37.7 Å². The fourth-order valence-electron chi connectivity index (χ4n) is 1.82. The highest BCUT2D eigenvalue weighted by molar-refractivity contribution is 5.39. The monoisotopic (exact) mass is 146 g/mol. The van der Waals surface area contributed by atoms with Gasteiger partial charge in [0, 0.05) is 0 Å². The first kappa shape index (κ1) is 6.90. The SMILES string of the molecule is C1=CC2=C(CCC=C2)CCC1. The molecule has 0 aromatic heterocycles. The van der Waals surface area contributed by atoms with Gasteiger partial charge in [0.05, 0.1) is 0 Å². The van der Waals surface area contributed by atoms with Gasteiger partial charge in [-0.3, -0.25) is 0 Å². The van der Waals surface area contributed by atoms with E-state index in [-0.39, 0.29) is 0 Å². The molecule has 0 saturated heterocycles. The Morgan fingerprint density at radius 2 is 1.73 bits per heavy atom. The molecule has 0 saturated carbocycles. The van der Waals surface area contributed by atoms with E-state index in [1.54, 1.807) is 5.57 Å². The van der Waals surface area contributed by atoms with Crippen molar-refractivity contribution in [3.8, 4) is 0 Å². The van der Waals surface area contributed by atoms with Crippen LogP contribution in [-0.4, -0.2) is 0 Å². The second-order valence-corrected chi connectivity index (χ2v) is 3.29. The van der Waals surface area contributed by atoms with Crippen LogP contribution in [0.2, 0.25) is 0 Å². The van der Waals surface area contributed by atoms with Crippen LogP contribution in [0.5, 0.6) is 0 Å². The highest BCUT2D eigenvalue weighted by Crippen LogP contribution is 2.26. The molecule has 0 radical (unpaired) electrons. The highest BCUT2D eigenvalue weighted by atomic mass is 14.1. The summed E-state index contributed by atoms with van der Waals surface area (Å²) >= 11 is 0. The Hall–Kier alpha value is -0.780. The van der Waals surface area contributed by atoms with Crippen molar-refractivity contribution in [2.24, 2.45) is 0 Å². The summed E-state index contributed by atoms with van der Waals surface area (Å²) < 4.78 is 0. The van der Waals surface area contributed by atoms with Gasteiger partial charge in [-0.25, -0.2) is 0 Å². The lowest BCUT2D eigenvalue weighted by Crippen LogP contribution is -1.91. The summed E-state index contributed by atoms with van der Waals surface area (Å²) in [6, 6.07) is 0. The first-order valence-electron chi connectivity index (χ1n) is 4.52. The molecule has 0 amide bonds. The summed E-state index contributed by atoms with van der Waals surface area (Å²) in [5, 5.41) is 0. The molecule has 0 atom stereocenters. The van der Waals surface area contributed by atoms with Crippen LogP contribution in [0.4, 0.5) is 0 Å². The second kappa shape index (κ2) is 3.08. The van der Waals surface area contributed by atoms with Crippen molar-refractivity contribution >= 4 is 0 Å². The minimum Gasteiger partial charge on any atom is -0.0839 e. The first-order chi connectivity index (χ1) is 5.47. The predicted octanol–water partition coefficient (Wildman–Crippen LogP) is 3.37. The zero-order chi connectivity index (χ0) is 7.52. The quantitative estimate of drug-likeness (QED) is 0.491. The number of allylic oxidation sites excluding steroid dienone is 6. The van der Waals surface area contributed by atoms with E-state index >= 15 is 0 Å². The first-order valence-corrected chi connectivity index (χ1v) is 4.52. The van der Waals surface area contributed by atoms with Gasteiger partial charge in [0.15, 0.2) is 0 Å². The third-order valence-corrected chi connectivity index (χ3v) is 2.47. The van der Waals surface area contributed by atoms with Crippen LogP contribution in [0.1, 0.15) is 32.1 Å². The Morgan fingerprint density at radius 1 is 0.909 bits per heavy atom. The van der Waals surface area contributed by atoms with E-state index in [0.29, 0.717) is 0 Å². The standard InChI is InChI=1S/C11H14/c1-2-6-10-8-4-5-9-11(10)7-3-1/h2,4,6,8H,1,3,5,7,9H2. The molecular weight excluding hydrogens is 132 g/mol. The van der Waals surface area contributed by atoms with Crippen LogP contribution in [0.25, 0.3) is 0 Å². The van der Waals surface area contributed by atoms with Crippen molar-refractivity contribution in [1.82, 2.24) is 0 Å². The molecule has 0 spiro atoms. The molecular formula is C11H14. The van der Waals surface area contributed by atoms with E-state index in [4.69, 9.17) is 0 Å². The normalized spacial score (nSPS) is 23.3. The molecule has 2 aliphatic carbocycles. The molecule has 0 N–H and O–H groups in total. The molecule has 0 nitrogen and oxygen atoms in total. The van der Waals surface area contributed by atoms with Crippen LogP contribution in [-0.2, 0) is 0 Å². The van der Waals surface area contributed by atoms with E-state index in [9.17, 15) is 0 Å². The molecule has 2 rings (SSSR count). The van der Waals surface area contributed by atoms with Gasteiger partial charge in [-0.05, 0) is 37.7 Å². The van der Waals surface area contributed by atoms with Crippen molar-refractivity contribution in [1.29, 1.82) is 0 Å². The van der Waals surface area contributed by atoms with E-state index < -0.39 is 0 Å². The van der Waals surface area contributed by atoms with Crippen molar-refractivity contribution in [3.63, 3.8) is 0 Å². The summed E-state index contributed by atoms with van der Waals surface area (Å²) in [5.74, 6) is 0. The van der Waals surface area contributed by atoms with Crippen LogP contribution in [0.15, 0.2) is 35.5 Å². The topological polar surface area (TPSA) is 0 Å². The highest BCUT2D eigenvalue weighted by Gasteiger charge is 2.07. The van der Waals surface area contributed by atoms with Gasteiger partial charge in [0.25, 0.3) is 0 Å². The maximum atomic E-state index is 2.30. The Labute approximate surface area is 68.3 Å². The molecule has 0 aromatic carbocycles. The van der Waals surface area contributed by atoms with Crippen molar-refractivity contribution in [3.05, 3.63) is 35.5 Å².